The molecule has 0 aliphatic carbocycles. The standard InChI is InChI=1S/C14H19N3O2.ClH/c1-9(2)17(8-13(15)18)14(19)11-3-4-12-10(7-11)5-6-16-12;/h3-4,7,9,16H,5-6,8H2,1-2H3,(H2,15,18);1H. The highest BCUT2D eigenvalue weighted by Crippen LogP contribution is 2.23. The Kier molecular flexibility index (Phi) is 5.39. The van der Waals surface area contributed by atoms with E-state index in [-0.39, 0.29) is 30.9 Å². The molecule has 0 radical (unpaired) electrons. The van der Waals surface area contributed by atoms with Gasteiger partial charge in [-0.15, -0.1) is 12.4 Å². The summed E-state index contributed by atoms with van der Waals surface area (Å²) in [6.07, 6.45) is 0.925. The molecule has 2 rings (SSSR count). The van der Waals surface area contributed by atoms with Crippen molar-refractivity contribution >= 4 is 29.9 Å². The summed E-state index contributed by atoms with van der Waals surface area (Å²) in [5, 5.41) is 3.25. The molecule has 20 heavy (non-hydrogen) atoms. The number of benzene rings is 1. The molecule has 0 spiro atoms. The summed E-state index contributed by atoms with van der Waals surface area (Å²) < 4.78 is 0. The maximum Gasteiger partial charge on any atom is 0.254 e. The fourth-order valence-electron chi connectivity index (χ4n) is 2.26. The molecule has 1 aromatic rings. The van der Waals surface area contributed by atoms with Gasteiger partial charge in [-0.2, -0.15) is 0 Å². The number of hydrogen-bond acceptors (Lipinski definition) is 3. The van der Waals surface area contributed by atoms with E-state index >= 15 is 0 Å². The minimum atomic E-state index is -0.495. The number of nitrogens with two attached hydrogens (primary N) is 1. The normalized spacial score (nSPS) is 12.3. The molecule has 3 N–H and O–H groups in total. The summed E-state index contributed by atoms with van der Waals surface area (Å²) in [5.74, 6) is -0.645. The number of nitrogens with one attached hydrogen (secondary N) is 1. The Bertz CT molecular complexity index is 517. The summed E-state index contributed by atoms with van der Waals surface area (Å²) in [6.45, 7) is 4.60. The van der Waals surface area contributed by atoms with Gasteiger partial charge in [0.1, 0.15) is 0 Å². The minimum Gasteiger partial charge on any atom is -0.384 e. The minimum absolute atomic E-state index is 0. The number of halogens is 1. The first kappa shape index (κ1) is 16.3. The third-order valence-corrected chi connectivity index (χ3v) is 3.27. The zero-order valence-corrected chi connectivity index (χ0v) is 12.5. The first-order valence-corrected chi connectivity index (χ1v) is 6.45. The molecular weight excluding hydrogens is 278 g/mol. The summed E-state index contributed by atoms with van der Waals surface area (Å²) in [5.41, 5.74) is 8.04. The third kappa shape index (κ3) is 3.42. The lowest BCUT2D eigenvalue weighted by Gasteiger charge is -2.25. The van der Waals surface area contributed by atoms with Crippen LogP contribution in [0.15, 0.2) is 18.2 Å². The smallest absolute Gasteiger partial charge is 0.254 e. The fourth-order valence-corrected chi connectivity index (χ4v) is 2.26. The van der Waals surface area contributed by atoms with Crippen molar-refractivity contribution in [2.24, 2.45) is 5.73 Å². The van der Waals surface area contributed by atoms with Crippen LogP contribution in [0.5, 0.6) is 0 Å². The van der Waals surface area contributed by atoms with Gasteiger partial charge in [0.05, 0.1) is 6.54 Å². The highest BCUT2D eigenvalue weighted by atomic mass is 35.5. The van der Waals surface area contributed by atoms with Crippen LogP contribution in [0, 0.1) is 0 Å². The van der Waals surface area contributed by atoms with Gasteiger partial charge in [-0.25, -0.2) is 0 Å². The predicted octanol–water partition coefficient (Wildman–Crippen LogP) is 1.41. The van der Waals surface area contributed by atoms with Crippen molar-refractivity contribution in [1.29, 1.82) is 0 Å². The number of anilines is 1. The molecular formula is C14H20ClN3O2. The molecule has 6 heteroatoms. The highest BCUT2D eigenvalue weighted by Gasteiger charge is 2.22. The molecule has 0 bridgehead atoms. The number of rotatable bonds is 4. The van der Waals surface area contributed by atoms with Crippen LogP contribution in [0.25, 0.3) is 0 Å². The Labute approximate surface area is 124 Å². The van der Waals surface area contributed by atoms with Crippen molar-refractivity contribution in [3.63, 3.8) is 0 Å². The molecule has 0 saturated heterocycles. The van der Waals surface area contributed by atoms with Crippen molar-refractivity contribution in [1.82, 2.24) is 4.90 Å². The van der Waals surface area contributed by atoms with Crippen LogP contribution < -0.4 is 11.1 Å². The predicted molar refractivity (Wildman–Crippen MR) is 81.3 cm³/mol. The lowest BCUT2D eigenvalue weighted by molar-refractivity contribution is -0.119. The van der Waals surface area contributed by atoms with Crippen LogP contribution in [0.3, 0.4) is 0 Å². The quantitative estimate of drug-likeness (QED) is 0.882. The molecule has 0 unspecified atom stereocenters. The van der Waals surface area contributed by atoms with Crippen LogP contribution >= 0.6 is 12.4 Å². The molecule has 0 aromatic heterocycles. The average Bonchev–Trinajstić information content (AvgIpc) is 2.81. The Morgan fingerprint density at radius 1 is 1.40 bits per heavy atom. The number of fused-ring (bicyclic) bond motifs is 1. The van der Waals surface area contributed by atoms with Gasteiger partial charge in [0.15, 0.2) is 0 Å². The van der Waals surface area contributed by atoms with E-state index in [4.69, 9.17) is 5.73 Å². The van der Waals surface area contributed by atoms with E-state index in [9.17, 15) is 9.59 Å². The van der Waals surface area contributed by atoms with Crippen molar-refractivity contribution in [2.45, 2.75) is 26.3 Å². The molecule has 1 aromatic carbocycles. The number of carbonyl (C=O) groups is 2. The van der Waals surface area contributed by atoms with Gasteiger partial charge in [-0.05, 0) is 44.0 Å². The molecule has 2 amide bonds. The first-order chi connectivity index (χ1) is 8.99. The van der Waals surface area contributed by atoms with Crippen molar-refractivity contribution in [3.05, 3.63) is 29.3 Å². The second-order valence-corrected chi connectivity index (χ2v) is 5.04. The van der Waals surface area contributed by atoms with E-state index in [1.165, 1.54) is 4.90 Å². The van der Waals surface area contributed by atoms with Gasteiger partial charge in [0, 0.05) is 23.8 Å². The topological polar surface area (TPSA) is 75.4 Å². The van der Waals surface area contributed by atoms with E-state index < -0.39 is 5.91 Å². The Hall–Kier alpha value is -1.75. The van der Waals surface area contributed by atoms with Crippen LogP contribution in [-0.2, 0) is 11.2 Å². The van der Waals surface area contributed by atoms with Gasteiger partial charge in [0.2, 0.25) is 5.91 Å². The molecule has 0 saturated carbocycles. The van der Waals surface area contributed by atoms with E-state index in [1.54, 1.807) is 6.07 Å². The first-order valence-electron chi connectivity index (χ1n) is 6.45. The Balaban J connectivity index is 0.00000200. The number of amides is 2. The third-order valence-electron chi connectivity index (χ3n) is 3.27. The van der Waals surface area contributed by atoms with Crippen molar-refractivity contribution in [3.8, 4) is 0 Å². The molecule has 1 aliphatic rings. The van der Waals surface area contributed by atoms with E-state index in [0.29, 0.717) is 5.56 Å². The van der Waals surface area contributed by atoms with E-state index in [1.807, 2.05) is 26.0 Å². The maximum absolute atomic E-state index is 12.4. The van der Waals surface area contributed by atoms with Gasteiger partial charge in [0.25, 0.3) is 5.91 Å². The number of carbonyl (C=O) groups excluding carboxylic acids is 2. The summed E-state index contributed by atoms with van der Waals surface area (Å²) >= 11 is 0. The molecule has 0 atom stereocenters. The lowest BCUT2D eigenvalue weighted by atomic mass is 10.1. The van der Waals surface area contributed by atoms with Crippen molar-refractivity contribution < 1.29 is 9.59 Å². The number of nitrogens with zero attached hydrogens (tertiary/aromatic N) is 1. The second-order valence-electron chi connectivity index (χ2n) is 5.04. The van der Waals surface area contributed by atoms with Gasteiger partial charge in [-0.1, -0.05) is 0 Å². The van der Waals surface area contributed by atoms with E-state index in [0.717, 1.165) is 24.2 Å². The van der Waals surface area contributed by atoms with Gasteiger partial charge in [-0.3, -0.25) is 9.59 Å². The molecule has 110 valence electrons. The largest absolute Gasteiger partial charge is 0.384 e. The fraction of sp³-hybridized carbons (Fsp3) is 0.429. The van der Waals surface area contributed by atoms with Crippen LogP contribution in [0.1, 0.15) is 29.8 Å². The Morgan fingerprint density at radius 3 is 2.70 bits per heavy atom. The van der Waals surface area contributed by atoms with Crippen molar-refractivity contribution in [2.75, 3.05) is 18.4 Å². The highest BCUT2D eigenvalue weighted by molar-refractivity contribution is 5.97. The van der Waals surface area contributed by atoms with Crippen LogP contribution in [0.4, 0.5) is 5.69 Å². The van der Waals surface area contributed by atoms with E-state index in [2.05, 4.69) is 5.32 Å². The average molecular weight is 298 g/mol. The number of hydrogen-bond donors (Lipinski definition) is 2. The summed E-state index contributed by atoms with van der Waals surface area (Å²) in [6, 6.07) is 5.54. The maximum atomic E-state index is 12.4. The SMILES string of the molecule is CC(C)N(CC(N)=O)C(=O)c1ccc2c(c1)CCN2.Cl. The zero-order chi connectivity index (χ0) is 14.0. The molecule has 5 nitrogen and oxygen atoms in total. The van der Waals surface area contributed by atoms with Gasteiger partial charge >= 0.3 is 0 Å². The Morgan fingerprint density at radius 2 is 2.10 bits per heavy atom. The summed E-state index contributed by atoms with van der Waals surface area (Å²) in [4.78, 5) is 25.0. The molecule has 0 fully saturated rings. The number of primary amides is 1. The van der Waals surface area contributed by atoms with Crippen LogP contribution in [-0.4, -0.2) is 35.8 Å². The molecule has 1 heterocycles. The summed E-state index contributed by atoms with van der Waals surface area (Å²) in [7, 11) is 0. The zero-order valence-electron chi connectivity index (χ0n) is 11.7. The lowest BCUT2D eigenvalue weighted by Crippen LogP contribution is -2.42. The van der Waals surface area contributed by atoms with Gasteiger partial charge < -0.3 is 16.0 Å². The second kappa shape index (κ2) is 6.61. The molecule has 1 aliphatic heterocycles. The monoisotopic (exact) mass is 297 g/mol. The van der Waals surface area contributed by atoms with Crippen LogP contribution in [0.2, 0.25) is 0 Å².